The summed E-state index contributed by atoms with van der Waals surface area (Å²) in [7, 11) is 0. The lowest BCUT2D eigenvalue weighted by atomic mass is 10.1. The second-order valence-corrected chi connectivity index (χ2v) is 3.71. The highest BCUT2D eigenvalue weighted by Crippen LogP contribution is 2.22. The van der Waals surface area contributed by atoms with Crippen LogP contribution in [0.2, 0.25) is 0 Å². The number of nitrogens with two attached hydrogens (primary N) is 1. The van der Waals surface area contributed by atoms with Crippen LogP contribution < -0.4 is 5.73 Å². The Labute approximate surface area is 98.3 Å². The van der Waals surface area contributed by atoms with E-state index in [1.165, 1.54) is 6.07 Å². The van der Waals surface area contributed by atoms with Gasteiger partial charge in [0, 0.05) is 5.56 Å². The first kappa shape index (κ1) is 11.1. The third kappa shape index (κ3) is 2.08. The van der Waals surface area contributed by atoms with Crippen molar-refractivity contribution >= 4 is 5.82 Å². The Balaban J connectivity index is 2.50. The van der Waals surface area contributed by atoms with Crippen LogP contribution in [0, 0.1) is 24.1 Å². The van der Waals surface area contributed by atoms with E-state index in [-0.39, 0.29) is 11.6 Å². The third-order valence-electron chi connectivity index (χ3n) is 2.51. The molecule has 0 saturated carbocycles. The molecule has 0 unspecified atom stereocenters. The van der Waals surface area contributed by atoms with Crippen molar-refractivity contribution in [2.24, 2.45) is 0 Å². The summed E-state index contributed by atoms with van der Waals surface area (Å²) in [6.45, 7) is 1.69. The van der Waals surface area contributed by atoms with Gasteiger partial charge in [0.15, 0.2) is 0 Å². The molecule has 0 aliphatic carbocycles. The molecule has 0 radical (unpaired) electrons. The fourth-order valence-electron chi connectivity index (χ4n) is 1.48. The zero-order chi connectivity index (χ0) is 12.4. The summed E-state index contributed by atoms with van der Waals surface area (Å²) in [5.41, 5.74) is 7.71. The van der Waals surface area contributed by atoms with Gasteiger partial charge in [-0.1, -0.05) is 12.1 Å². The molecular weight excluding hydrogens is 217 g/mol. The van der Waals surface area contributed by atoms with Gasteiger partial charge >= 0.3 is 0 Å². The first-order chi connectivity index (χ1) is 8.11. The number of pyridine rings is 1. The van der Waals surface area contributed by atoms with Gasteiger partial charge in [0.05, 0.1) is 11.3 Å². The van der Waals surface area contributed by atoms with Gasteiger partial charge in [-0.2, -0.15) is 5.26 Å². The lowest BCUT2D eigenvalue weighted by Crippen LogP contribution is -1.96. The Bertz CT molecular complexity index is 615. The molecule has 1 aromatic heterocycles. The minimum atomic E-state index is -0.285. The van der Waals surface area contributed by atoms with Crippen molar-refractivity contribution in [1.29, 1.82) is 5.26 Å². The molecule has 17 heavy (non-hydrogen) atoms. The molecule has 0 bridgehead atoms. The summed E-state index contributed by atoms with van der Waals surface area (Å²) in [5.74, 6) is -0.127. The van der Waals surface area contributed by atoms with Crippen molar-refractivity contribution in [2.75, 3.05) is 5.73 Å². The molecule has 4 heteroatoms. The Morgan fingerprint density at radius 2 is 2.06 bits per heavy atom. The van der Waals surface area contributed by atoms with Crippen molar-refractivity contribution in [3.8, 4) is 17.3 Å². The predicted molar refractivity (Wildman–Crippen MR) is 63.5 cm³/mol. The number of hydrogen-bond acceptors (Lipinski definition) is 3. The van der Waals surface area contributed by atoms with E-state index in [0.717, 1.165) is 0 Å². The van der Waals surface area contributed by atoms with Crippen molar-refractivity contribution in [1.82, 2.24) is 4.98 Å². The summed E-state index contributed by atoms with van der Waals surface area (Å²) >= 11 is 0. The van der Waals surface area contributed by atoms with Crippen molar-refractivity contribution in [3.63, 3.8) is 0 Å². The predicted octanol–water partition coefficient (Wildman–Crippen LogP) is 2.65. The summed E-state index contributed by atoms with van der Waals surface area (Å²) < 4.78 is 13.4. The smallest absolute Gasteiger partial charge is 0.142 e. The molecule has 0 spiro atoms. The summed E-state index contributed by atoms with van der Waals surface area (Å²) in [6.07, 6.45) is 0. The fraction of sp³-hybridized carbons (Fsp3) is 0.0769. The lowest BCUT2D eigenvalue weighted by molar-refractivity contribution is 0.619. The maximum Gasteiger partial charge on any atom is 0.142 e. The minimum Gasteiger partial charge on any atom is -0.383 e. The number of nitriles is 1. The summed E-state index contributed by atoms with van der Waals surface area (Å²) in [4.78, 5) is 4.07. The van der Waals surface area contributed by atoms with Crippen LogP contribution in [0.3, 0.4) is 0 Å². The summed E-state index contributed by atoms with van der Waals surface area (Å²) in [6, 6.07) is 10.0. The Morgan fingerprint density at radius 1 is 1.29 bits per heavy atom. The van der Waals surface area contributed by atoms with Crippen LogP contribution in [0.25, 0.3) is 11.3 Å². The van der Waals surface area contributed by atoms with Crippen LogP contribution in [-0.2, 0) is 0 Å². The van der Waals surface area contributed by atoms with Crippen LogP contribution in [0.5, 0.6) is 0 Å². The minimum absolute atomic E-state index is 0.158. The molecule has 0 aliphatic rings. The van der Waals surface area contributed by atoms with Gasteiger partial charge in [-0.3, -0.25) is 0 Å². The van der Waals surface area contributed by atoms with Crippen LogP contribution in [0.4, 0.5) is 10.2 Å². The highest BCUT2D eigenvalue weighted by atomic mass is 19.1. The van der Waals surface area contributed by atoms with Gasteiger partial charge in [-0.15, -0.1) is 0 Å². The van der Waals surface area contributed by atoms with E-state index < -0.39 is 0 Å². The Morgan fingerprint density at radius 3 is 2.65 bits per heavy atom. The average molecular weight is 227 g/mol. The van der Waals surface area contributed by atoms with Crippen molar-refractivity contribution < 1.29 is 4.39 Å². The standard InChI is InChI=1S/C13H10FN3/c1-8-2-3-9(6-11(8)14)12-5-4-10(7-15)13(16)17-12/h2-6H,1H3,(H2,16,17). The van der Waals surface area contributed by atoms with Gasteiger partial charge in [0.25, 0.3) is 0 Å². The highest BCUT2D eigenvalue weighted by molar-refractivity contribution is 5.64. The fourth-order valence-corrected chi connectivity index (χ4v) is 1.48. The molecule has 2 aromatic rings. The zero-order valence-electron chi connectivity index (χ0n) is 9.24. The quantitative estimate of drug-likeness (QED) is 0.814. The molecule has 2 rings (SSSR count). The number of benzene rings is 1. The number of aromatic nitrogens is 1. The number of halogens is 1. The highest BCUT2D eigenvalue weighted by Gasteiger charge is 2.06. The van der Waals surface area contributed by atoms with Gasteiger partial charge in [0.2, 0.25) is 0 Å². The normalized spacial score (nSPS) is 9.94. The van der Waals surface area contributed by atoms with Crippen LogP contribution in [0.15, 0.2) is 30.3 Å². The number of rotatable bonds is 1. The second kappa shape index (κ2) is 4.22. The van der Waals surface area contributed by atoms with Gasteiger partial charge in [0.1, 0.15) is 17.7 Å². The Kier molecular flexibility index (Phi) is 2.75. The monoisotopic (exact) mass is 227 g/mol. The number of hydrogen-bond donors (Lipinski definition) is 1. The maximum atomic E-state index is 13.4. The van der Waals surface area contributed by atoms with E-state index in [9.17, 15) is 4.39 Å². The molecule has 0 fully saturated rings. The topological polar surface area (TPSA) is 62.7 Å². The van der Waals surface area contributed by atoms with E-state index in [2.05, 4.69) is 4.98 Å². The molecular formula is C13H10FN3. The molecule has 1 aromatic carbocycles. The zero-order valence-corrected chi connectivity index (χ0v) is 9.24. The third-order valence-corrected chi connectivity index (χ3v) is 2.51. The van der Waals surface area contributed by atoms with E-state index in [1.54, 1.807) is 31.2 Å². The number of anilines is 1. The number of nitrogens with zero attached hydrogens (tertiary/aromatic N) is 2. The largest absolute Gasteiger partial charge is 0.383 e. The first-order valence-corrected chi connectivity index (χ1v) is 5.05. The van der Waals surface area contributed by atoms with Crippen LogP contribution in [0.1, 0.15) is 11.1 Å². The van der Waals surface area contributed by atoms with E-state index in [4.69, 9.17) is 11.0 Å². The molecule has 0 saturated heterocycles. The number of nitrogen functional groups attached to an aromatic ring is 1. The summed E-state index contributed by atoms with van der Waals surface area (Å²) in [5, 5.41) is 8.73. The molecule has 3 nitrogen and oxygen atoms in total. The van der Waals surface area contributed by atoms with Gasteiger partial charge in [-0.05, 0) is 30.7 Å². The SMILES string of the molecule is Cc1ccc(-c2ccc(C#N)c(N)n2)cc1F. The molecule has 0 atom stereocenters. The molecule has 84 valence electrons. The van der Waals surface area contributed by atoms with Crippen LogP contribution >= 0.6 is 0 Å². The van der Waals surface area contributed by atoms with Gasteiger partial charge in [-0.25, -0.2) is 9.37 Å². The van der Waals surface area contributed by atoms with E-state index >= 15 is 0 Å². The maximum absolute atomic E-state index is 13.4. The lowest BCUT2D eigenvalue weighted by Gasteiger charge is -2.04. The number of aryl methyl sites for hydroxylation is 1. The molecule has 2 N–H and O–H groups in total. The van der Waals surface area contributed by atoms with Crippen LogP contribution in [-0.4, -0.2) is 4.98 Å². The molecule has 1 heterocycles. The van der Waals surface area contributed by atoms with Crippen molar-refractivity contribution in [2.45, 2.75) is 6.92 Å². The Hall–Kier alpha value is -2.41. The van der Waals surface area contributed by atoms with Gasteiger partial charge < -0.3 is 5.73 Å². The second-order valence-electron chi connectivity index (χ2n) is 3.71. The first-order valence-electron chi connectivity index (χ1n) is 5.05. The van der Waals surface area contributed by atoms with E-state index in [0.29, 0.717) is 22.4 Å². The van der Waals surface area contributed by atoms with E-state index in [1.807, 2.05) is 6.07 Å². The van der Waals surface area contributed by atoms with Crippen molar-refractivity contribution in [3.05, 3.63) is 47.3 Å². The average Bonchev–Trinajstić information content (AvgIpc) is 2.32. The molecule has 0 amide bonds. The molecule has 0 aliphatic heterocycles.